The summed E-state index contributed by atoms with van der Waals surface area (Å²) in [5.41, 5.74) is 5.54. The van der Waals surface area contributed by atoms with E-state index in [4.69, 9.17) is 4.99 Å². The van der Waals surface area contributed by atoms with Crippen LogP contribution in [0.2, 0.25) is 0 Å². The fourth-order valence-corrected chi connectivity index (χ4v) is 7.70. The van der Waals surface area contributed by atoms with Gasteiger partial charge in [-0.05, 0) is 66.3 Å². The summed E-state index contributed by atoms with van der Waals surface area (Å²) >= 11 is 3.72. The van der Waals surface area contributed by atoms with Crippen LogP contribution >= 0.6 is 22.7 Å². The third-order valence-corrected chi connectivity index (χ3v) is 9.96. The van der Waals surface area contributed by atoms with Crippen molar-refractivity contribution in [3.05, 3.63) is 94.4 Å². The van der Waals surface area contributed by atoms with Gasteiger partial charge in [-0.2, -0.15) is 0 Å². The molecule has 4 heteroatoms. The molecule has 204 valence electrons. The molecule has 6 rings (SSSR count). The van der Waals surface area contributed by atoms with Crippen molar-refractivity contribution in [3.63, 3.8) is 0 Å². The summed E-state index contributed by atoms with van der Waals surface area (Å²) in [5.74, 6) is 1.09. The Morgan fingerprint density at radius 1 is 0.950 bits per heavy atom. The number of allylic oxidation sites excluding steroid dienone is 2. The first-order valence-corrected chi connectivity index (χ1v) is 16.1. The predicted octanol–water partition coefficient (Wildman–Crippen LogP) is 11.4. The van der Waals surface area contributed by atoms with E-state index in [0.717, 1.165) is 41.9 Å². The highest BCUT2D eigenvalue weighted by Crippen LogP contribution is 2.41. The van der Waals surface area contributed by atoms with Crippen LogP contribution in [-0.2, 0) is 0 Å². The van der Waals surface area contributed by atoms with Gasteiger partial charge < -0.3 is 0 Å². The quantitative estimate of drug-likeness (QED) is 0.176. The Balaban J connectivity index is 0.00000158. The molecule has 0 bridgehead atoms. The van der Waals surface area contributed by atoms with Crippen molar-refractivity contribution in [1.29, 1.82) is 0 Å². The Morgan fingerprint density at radius 3 is 2.45 bits per heavy atom. The van der Waals surface area contributed by atoms with Crippen molar-refractivity contribution in [3.8, 4) is 0 Å². The maximum atomic E-state index is 5.12. The zero-order valence-corrected chi connectivity index (χ0v) is 25.8. The maximum absolute atomic E-state index is 5.12. The number of rotatable bonds is 7. The van der Waals surface area contributed by atoms with Crippen molar-refractivity contribution in [2.45, 2.75) is 53.4 Å². The van der Waals surface area contributed by atoms with Crippen molar-refractivity contribution in [2.24, 2.45) is 15.9 Å². The number of benzene rings is 3. The Bertz CT molecular complexity index is 1760. The first kappa shape index (κ1) is 28.2. The molecular weight excluding hydrogens is 525 g/mol. The lowest BCUT2D eigenvalue weighted by Gasteiger charge is -2.14. The van der Waals surface area contributed by atoms with Crippen LogP contribution in [-0.4, -0.2) is 19.0 Å². The minimum absolute atomic E-state index is 0.525. The summed E-state index contributed by atoms with van der Waals surface area (Å²) in [4.78, 5) is 11.0. The minimum atomic E-state index is 0.525. The molecule has 2 nitrogen and oxygen atoms in total. The van der Waals surface area contributed by atoms with Gasteiger partial charge in [0.25, 0.3) is 0 Å². The molecule has 2 atom stereocenters. The molecule has 5 aromatic rings. The fourth-order valence-electron chi connectivity index (χ4n) is 5.26. The van der Waals surface area contributed by atoms with E-state index >= 15 is 0 Å². The molecule has 0 spiro atoms. The number of aliphatic imine (C=N–C) groups is 2. The first-order chi connectivity index (χ1) is 19.6. The monoisotopic (exact) mass is 562 g/mol. The van der Waals surface area contributed by atoms with Crippen molar-refractivity contribution in [2.75, 3.05) is 6.54 Å². The van der Waals surface area contributed by atoms with Gasteiger partial charge in [-0.25, -0.2) is 0 Å². The summed E-state index contributed by atoms with van der Waals surface area (Å²) in [6.45, 7) is 15.6. The highest BCUT2D eigenvalue weighted by atomic mass is 32.1. The van der Waals surface area contributed by atoms with Crippen LogP contribution in [0.15, 0.2) is 82.8 Å². The van der Waals surface area contributed by atoms with Crippen LogP contribution in [0.25, 0.3) is 42.0 Å². The Morgan fingerprint density at radius 2 is 1.65 bits per heavy atom. The average molecular weight is 563 g/mol. The molecule has 0 fully saturated rings. The van der Waals surface area contributed by atoms with Crippen molar-refractivity contribution < 1.29 is 0 Å². The normalized spacial score (nSPS) is 16.2. The van der Waals surface area contributed by atoms with Gasteiger partial charge in [-0.3, -0.25) is 9.98 Å². The van der Waals surface area contributed by atoms with E-state index in [1.807, 2.05) is 36.5 Å². The molecule has 2 unspecified atom stereocenters. The molecule has 0 amide bonds. The van der Waals surface area contributed by atoms with E-state index in [-0.39, 0.29) is 0 Å². The maximum Gasteiger partial charge on any atom is 0.0716 e. The third kappa shape index (κ3) is 5.48. The smallest absolute Gasteiger partial charge is 0.0716 e. The SMILES string of the molecule is C=N/C(=C\C(=NCC(C)CC)c1ccc2c3c(sc2c1)C=CCC3C)c1ccc2c(c1)sc1ccccc12.CC. The van der Waals surface area contributed by atoms with Crippen molar-refractivity contribution in [1.82, 2.24) is 0 Å². The van der Waals surface area contributed by atoms with Crippen LogP contribution < -0.4 is 0 Å². The molecule has 0 radical (unpaired) electrons. The second kappa shape index (κ2) is 12.4. The van der Waals surface area contributed by atoms with E-state index in [1.54, 1.807) is 0 Å². The van der Waals surface area contributed by atoms with Crippen molar-refractivity contribution >= 4 is 77.1 Å². The molecule has 0 aliphatic heterocycles. The van der Waals surface area contributed by atoms with E-state index in [2.05, 4.69) is 111 Å². The fraction of sp³-hybridized carbons (Fsp3) is 0.278. The largest absolute Gasteiger partial charge is 0.284 e. The second-order valence-corrected chi connectivity index (χ2v) is 12.5. The van der Waals surface area contributed by atoms with E-state index in [1.165, 1.54) is 40.7 Å². The van der Waals surface area contributed by atoms with Crippen LogP contribution in [0, 0.1) is 5.92 Å². The molecule has 0 saturated heterocycles. The molecule has 1 aliphatic carbocycles. The van der Waals surface area contributed by atoms with Crippen LogP contribution in [0.3, 0.4) is 0 Å². The van der Waals surface area contributed by atoms with Gasteiger partial charge in [-0.15, -0.1) is 22.7 Å². The molecular formula is C36H38N2S2. The third-order valence-electron chi connectivity index (χ3n) is 7.69. The van der Waals surface area contributed by atoms with Gasteiger partial charge in [0.05, 0.1) is 11.4 Å². The first-order valence-electron chi connectivity index (χ1n) is 14.4. The van der Waals surface area contributed by atoms with E-state index in [9.17, 15) is 0 Å². The highest BCUT2D eigenvalue weighted by Gasteiger charge is 2.19. The van der Waals surface area contributed by atoms with E-state index in [0.29, 0.717) is 11.8 Å². The van der Waals surface area contributed by atoms with Gasteiger partial charge in [0, 0.05) is 47.4 Å². The van der Waals surface area contributed by atoms with Crippen LogP contribution in [0.4, 0.5) is 0 Å². The number of fused-ring (bicyclic) bond motifs is 6. The van der Waals surface area contributed by atoms with Crippen LogP contribution in [0.5, 0.6) is 0 Å². The number of thiophene rings is 2. The number of nitrogens with zero attached hydrogens (tertiary/aromatic N) is 2. The standard InChI is InChI=1S/C34H32N2S2.C2H6/c1-5-21(2)20-36-29(24-14-16-27-33(18-24)38-31-12-8-9-22(3)34(27)31)19-28(35-4)23-13-15-26-25-10-6-7-11-30(25)37-32(26)17-23;1-2/h6-8,10-19,21-22H,4-5,9,20H2,1-3H3;1-2H3/b28-19-,36-29?;. The van der Waals surface area contributed by atoms with Gasteiger partial charge in [0.15, 0.2) is 0 Å². The zero-order valence-electron chi connectivity index (χ0n) is 24.2. The average Bonchev–Trinajstić information content (AvgIpc) is 3.56. The zero-order chi connectivity index (χ0) is 28.2. The summed E-state index contributed by atoms with van der Waals surface area (Å²) < 4.78 is 3.91. The van der Waals surface area contributed by atoms with Gasteiger partial charge in [0.2, 0.25) is 0 Å². The molecule has 0 N–H and O–H groups in total. The Labute approximate surface area is 246 Å². The van der Waals surface area contributed by atoms with Gasteiger partial charge in [0.1, 0.15) is 0 Å². The molecule has 3 aromatic carbocycles. The van der Waals surface area contributed by atoms with Crippen LogP contribution in [0.1, 0.15) is 74.9 Å². The topological polar surface area (TPSA) is 24.7 Å². The minimum Gasteiger partial charge on any atom is -0.284 e. The summed E-state index contributed by atoms with van der Waals surface area (Å²) in [6.07, 6.45) is 8.95. The molecule has 1 aliphatic rings. The lowest BCUT2D eigenvalue weighted by molar-refractivity contribution is 0.577. The summed E-state index contributed by atoms with van der Waals surface area (Å²) in [6, 6.07) is 22.1. The second-order valence-electron chi connectivity index (χ2n) is 10.4. The summed E-state index contributed by atoms with van der Waals surface area (Å²) in [7, 11) is 0. The highest BCUT2D eigenvalue weighted by molar-refractivity contribution is 7.25. The summed E-state index contributed by atoms with van der Waals surface area (Å²) in [5, 5.41) is 3.98. The number of hydrogen-bond donors (Lipinski definition) is 0. The van der Waals surface area contributed by atoms with Gasteiger partial charge >= 0.3 is 0 Å². The Hall–Kier alpha value is -3.34. The molecule has 40 heavy (non-hydrogen) atoms. The molecule has 2 heterocycles. The number of hydrogen-bond acceptors (Lipinski definition) is 4. The Kier molecular flexibility index (Phi) is 8.78. The predicted molar refractivity (Wildman–Crippen MR) is 183 cm³/mol. The lowest BCUT2D eigenvalue weighted by atomic mass is 9.90. The van der Waals surface area contributed by atoms with Gasteiger partial charge in [-0.1, -0.05) is 89.6 Å². The lowest BCUT2D eigenvalue weighted by Crippen LogP contribution is -2.04. The van der Waals surface area contributed by atoms with E-state index < -0.39 is 0 Å². The molecule has 0 saturated carbocycles. The molecule has 2 aromatic heterocycles.